The Kier molecular flexibility index (Phi) is 6.39. The van der Waals surface area contributed by atoms with Crippen LogP contribution in [0.25, 0.3) is 0 Å². The molecule has 24 heavy (non-hydrogen) atoms. The first-order valence-corrected chi connectivity index (χ1v) is 10.5. The monoisotopic (exact) mass is 365 g/mol. The third kappa shape index (κ3) is 5.35. The molecule has 0 aliphatic heterocycles. The van der Waals surface area contributed by atoms with Gasteiger partial charge in [-0.2, -0.15) is 0 Å². The third-order valence-electron chi connectivity index (χ3n) is 3.50. The SMILES string of the molecule is CCNC(=NCc1ccc(S(C)(=O)=O)cc1)NCc1sccc1C. The first-order valence-electron chi connectivity index (χ1n) is 7.74. The Morgan fingerprint density at radius 1 is 1.17 bits per heavy atom. The van der Waals surface area contributed by atoms with Crippen LogP contribution < -0.4 is 10.6 Å². The van der Waals surface area contributed by atoms with Gasteiger partial charge in [-0.05, 0) is 48.6 Å². The lowest BCUT2D eigenvalue weighted by atomic mass is 10.2. The fourth-order valence-corrected chi connectivity index (χ4v) is 3.58. The van der Waals surface area contributed by atoms with Crippen molar-refractivity contribution in [3.8, 4) is 0 Å². The van der Waals surface area contributed by atoms with E-state index >= 15 is 0 Å². The molecule has 0 bridgehead atoms. The molecule has 1 aromatic carbocycles. The van der Waals surface area contributed by atoms with Crippen LogP contribution in [0.3, 0.4) is 0 Å². The van der Waals surface area contributed by atoms with Gasteiger partial charge < -0.3 is 10.6 Å². The van der Waals surface area contributed by atoms with Gasteiger partial charge in [0.1, 0.15) is 0 Å². The lowest BCUT2D eigenvalue weighted by Crippen LogP contribution is -2.36. The quantitative estimate of drug-likeness (QED) is 0.610. The minimum absolute atomic E-state index is 0.327. The van der Waals surface area contributed by atoms with Gasteiger partial charge in [0.2, 0.25) is 0 Å². The van der Waals surface area contributed by atoms with E-state index in [1.807, 2.05) is 6.92 Å². The summed E-state index contributed by atoms with van der Waals surface area (Å²) >= 11 is 1.73. The van der Waals surface area contributed by atoms with Gasteiger partial charge in [-0.25, -0.2) is 13.4 Å². The van der Waals surface area contributed by atoms with Crippen molar-refractivity contribution in [1.29, 1.82) is 0 Å². The third-order valence-corrected chi connectivity index (χ3v) is 5.65. The summed E-state index contributed by atoms with van der Waals surface area (Å²) in [7, 11) is -3.16. The summed E-state index contributed by atoms with van der Waals surface area (Å²) in [6.45, 7) is 6.13. The molecule has 130 valence electrons. The number of thiophene rings is 1. The van der Waals surface area contributed by atoms with E-state index in [1.165, 1.54) is 16.7 Å². The molecule has 2 aromatic rings. The van der Waals surface area contributed by atoms with Crippen molar-refractivity contribution in [2.75, 3.05) is 12.8 Å². The topological polar surface area (TPSA) is 70.6 Å². The average Bonchev–Trinajstić information content (AvgIpc) is 2.95. The number of sulfone groups is 1. The molecule has 1 aromatic heterocycles. The fraction of sp³-hybridized carbons (Fsp3) is 0.353. The summed E-state index contributed by atoms with van der Waals surface area (Å²) in [5.41, 5.74) is 2.24. The van der Waals surface area contributed by atoms with E-state index in [9.17, 15) is 8.42 Å². The minimum Gasteiger partial charge on any atom is -0.357 e. The van der Waals surface area contributed by atoms with Crippen LogP contribution in [0, 0.1) is 6.92 Å². The second-order valence-electron chi connectivity index (χ2n) is 5.49. The summed E-state index contributed by atoms with van der Waals surface area (Å²) in [6.07, 6.45) is 1.21. The molecule has 0 spiro atoms. The molecule has 0 amide bonds. The van der Waals surface area contributed by atoms with Crippen molar-refractivity contribution in [2.24, 2.45) is 4.99 Å². The highest BCUT2D eigenvalue weighted by Gasteiger charge is 2.06. The van der Waals surface area contributed by atoms with Crippen LogP contribution in [0.4, 0.5) is 0 Å². The zero-order valence-electron chi connectivity index (χ0n) is 14.2. The Morgan fingerprint density at radius 3 is 2.42 bits per heavy atom. The standard InChI is InChI=1S/C17H23N3O2S2/c1-4-18-17(20-12-16-13(2)9-10-23-16)19-11-14-5-7-15(8-6-14)24(3,21)22/h5-10H,4,11-12H2,1-3H3,(H2,18,19,20). The van der Waals surface area contributed by atoms with Crippen LogP contribution in [0.5, 0.6) is 0 Å². The minimum atomic E-state index is -3.16. The normalized spacial score (nSPS) is 12.2. The molecule has 7 heteroatoms. The smallest absolute Gasteiger partial charge is 0.191 e. The Bertz CT molecular complexity index is 793. The molecular formula is C17H23N3O2S2. The Labute approximate surface area is 147 Å². The zero-order valence-corrected chi connectivity index (χ0v) is 15.8. The van der Waals surface area contributed by atoms with E-state index in [1.54, 1.807) is 35.6 Å². The number of aliphatic imine (C=N–C) groups is 1. The summed E-state index contributed by atoms with van der Waals surface area (Å²) in [5.74, 6) is 0.748. The second kappa shape index (κ2) is 8.30. The number of rotatable bonds is 6. The highest BCUT2D eigenvalue weighted by atomic mass is 32.2. The van der Waals surface area contributed by atoms with Crippen LogP contribution in [0.2, 0.25) is 0 Å². The molecule has 0 unspecified atom stereocenters. The Hall–Kier alpha value is -1.86. The van der Waals surface area contributed by atoms with E-state index in [4.69, 9.17) is 0 Å². The van der Waals surface area contributed by atoms with Gasteiger partial charge in [-0.3, -0.25) is 0 Å². The number of guanidine groups is 1. The molecule has 0 saturated carbocycles. The predicted molar refractivity (Wildman–Crippen MR) is 100 cm³/mol. The number of aryl methyl sites for hydroxylation is 1. The van der Waals surface area contributed by atoms with E-state index in [-0.39, 0.29) is 0 Å². The number of hydrogen-bond donors (Lipinski definition) is 2. The molecule has 0 saturated heterocycles. The maximum atomic E-state index is 11.5. The Morgan fingerprint density at radius 2 is 1.88 bits per heavy atom. The molecular weight excluding hydrogens is 342 g/mol. The van der Waals surface area contributed by atoms with Gasteiger partial charge in [0.05, 0.1) is 18.0 Å². The van der Waals surface area contributed by atoms with Gasteiger partial charge >= 0.3 is 0 Å². The molecule has 0 aliphatic carbocycles. The average molecular weight is 366 g/mol. The van der Waals surface area contributed by atoms with Crippen molar-refractivity contribution in [3.63, 3.8) is 0 Å². The van der Waals surface area contributed by atoms with Crippen LogP contribution >= 0.6 is 11.3 Å². The van der Waals surface area contributed by atoms with Crippen molar-refractivity contribution in [1.82, 2.24) is 10.6 Å². The van der Waals surface area contributed by atoms with E-state index < -0.39 is 9.84 Å². The summed E-state index contributed by atoms with van der Waals surface area (Å²) in [6, 6.07) is 8.94. The molecule has 5 nitrogen and oxygen atoms in total. The van der Waals surface area contributed by atoms with Gasteiger partial charge in [-0.1, -0.05) is 12.1 Å². The first kappa shape index (κ1) is 18.5. The molecule has 0 fully saturated rings. The Balaban J connectivity index is 2.01. The molecule has 0 aliphatic rings. The fourth-order valence-electron chi connectivity index (χ4n) is 2.10. The number of nitrogens with zero attached hydrogens (tertiary/aromatic N) is 1. The molecule has 0 radical (unpaired) electrons. The van der Waals surface area contributed by atoms with E-state index in [0.717, 1.165) is 24.6 Å². The van der Waals surface area contributed by atoms with E-state index in [0.29, 0.717) is 11.4 Å². The summed E-state index contributed by atoms with van der Waals surface area (Å²) in [4.78, 5) is 6.17. The van der Waals surface area contributed by atoms with Crippen LogP contribution in [-0.4, -0.2) is 27.2 Å². The second-order valence-corrected chi connectivity index (χ2v) is 8.51. The molecule has 2 rings (SSSR count). The van der Waals surface area contributed by atoms with Crippen LogP contribution in [0.1, 0.15) is 22.9 Å². The van der Waals surface area contributed by atoms with Crippen LogP contribution in [-0.2, 0) is 22.9 Å². The molecule has 1 heterocycles. The van der Waals surface area contributed by atoms with Gasteiger partial charge in [0.25, 0.3) is 0 Å². The van der Waals surface area contributed by atoms with Crippen LogP contribution in [0.15, 0.2) is 45.6 Å². The van der Waals surface area contributed by atoms with Gasteiger partial charge in [0.15, 0.2) is 15.8 Å². The maximum Gasteiger partial charge on any atom is 0.191 e. The molecule has 2 N–H and O–H groups in total. The lowest BCUT2D eigenvalue weighted by Gasteiger charge is -2.11. The highest BCUT2D eigenvalue weighted by Crippen LogP contribution is 2.15. The predicted octanol–water partition coefficient (Wildman–Crippen LogP) is 2.72. The van der Waals surface area contributed by atoms with Crippen molar-refractivity contribution in [2.45, 2.75) is 31.8 Å². The highest BCUT2D eigenvalue weighted by molar-refractivity contribution is 7.90. The van der Waals surface area contributed by atoms with Crippen molar-refractivity contribution >= 4 is 27.1 Å². The van der Waals surface area contributed by atoms with Gasteiger partial charge in [-0.15, -0.1) is 11.3 Å². The number of nitrogens with one attached hydrogen (secondary N) is 2. The van der Waals surface area contributed by atoms with Crippen molar-refractivity contribution in [3.05, 3.63) is 51.7 Å². The maximum absolute atomic E-state index is 11.5. The van der Waals surface area contributed by atoms with E-state index in [2.05, 4.69) is 34.0 Å². The first-order chi connectivity index (χ1) is 11.4. The lowest BCUT2D eigenvalue weighted by molar-refractivity contribution is 0.602. The number of benzene rings is 1. The summed E-state index contributed by atoms with van der Waals surface area (Å²) in [5, 5.41) is 8.62. The van der Waals surface area contributed by atoms with Gasteiger partial charge in [0, 0.05) is 17.7 Å². The van der Waals surface area contributed by atoms with Crippen molar-refractivity contribution < 1.29 is 8.42 Å². The zero-order chi connectivity index (χ0) is 17.6. The summed E-state index contributed by atoms with van der Waals surface area (Å²) < 4.78 is 22.9. The largest absolute Gasteiger partial charge is 0.357 e. The number of hydrogen-bond acceptors (Lipinski definition) is 4. The molecule has 0 atom stereocenters.